The van der Waals surface area contributed by atoms with Crippen LogP contribution in [0.3, 0.4) is 0 Å². The number of imidazole rings is 1. The summed E-state index contributed by atoms with van der Waals surface area (Å²) in [6.45, 7) is 2.59. The lowest BCUT2D eigenvalue weighted by molar-refractivity contribution is -0.114. The van der Waals surface area contributed by atoms with Crippen molar-refractivity contribution >= 4 is 39.4 Å². The van der Waals surface area contributed by atoms with Crippen molar-refractivity contribution in [2.75, 3.05) is 11.9 Å². The topological polar surface area (TPSA) is 105 Å². The Kier molecular flexibility index (Phi) is 6.26. The molecule has 5 aromatic rings. The third kappa shape index (κ3) is 4.91. The van der Waals surface area contributed by atoms with Gasteiger partial charge in [-0.3, -0.25) is 14.6 Å². The molecule has 3 heterocycles. The van der Waals surface area contributed by atoms with Gasteiger partial charge in [0.15, 0.2) is 0 Å². The summed E-state index contributed by atoms with van der Waals surface area (Å²) in [6, 6.07) is 17.4. The van der Waals surface area contributed by atoms with Gasteiger partial charge in [0.2, 0.25) is 5.91 Å². The van der Waals surface area contributed by atoms with Gasteiger partial charge in [-0.25, -0.2) is 4.98 Å². The number of H-pyrrole nitrogens is 1. The summed E-state index contributed by atoms with van der Waals surface area (Å²) in [5, 5.41) is 7.02. The Morgan fingerprint density at radius 1 is 1.03 bits per heavy atom. The number of amides is 2. The molecule has 3 N–H and O–H groups in total. The molecule has 0 atom stereocenters. The molecule has 8 nitrogen and oxygen atoms in total. The molecule has 35 heavy (non-hydrogen) atoms. The summed E-state index contributed by atoms with van der Waals surface area (Å²) in [5.74, 6) is -0.415. The number of aromatic amines is 1. The number of aromatic nitrogens is 4. The second kappa shape index (κ2) is 9.80. The maximum Gasteiger partial charge on any atom is 0.251 e. The Hall–Kier alpha value is -4.46. The van der Waals surface area contributed by atoms with Crippen molar-refractivity contribution in [1.82, 2.24) is 24.8 Å². The minimum atomic E-state index is -0.208. The quantitative estimate of drug-likeness (QED) is 0.320. The zero-order chi connectivity index (χ0) is 24.2. The van der Waals surface area contributed by atoms with Gasteiger partial charge in [-0.05, 0) is 42.3 Å². The van der Waals surface area contributed by atoms with Crippen molar-refractivity contribution in [1.29, 1.82) is 0 Å². The normalized spacial score (nSPS) is 11.1. The number of pyridine rings is 1. The first-order chi connectivity index (χ1) is 17.1. The van der Waals surface area contributed by atoms with E-state index >= 15 is 0 Å². The number of para-hydroxylation sites is 1. The molecule has 3 aromatic heterocycles. The third-order valence-electron chi connectivity index (χ3n) is 5.98. The molecule has 2 amide bonds. The Labute approximate surface area is 202 Å². The number of hydrogen-bond acceptors (Lipinski definition) is 4. The number of hydrogen-bond donors (Lipinski definition) is 3. The zero-order valence-corrected chi connectivity index (χ0v) is 19.4. The largest absolute Gasteiger partial charge is 0.361 e. The highest BCUT2D eigenvalue weighted by atomic mass is 16.2. The van der Waals surface area contributed by atoms with Crippen molar-refractivity contribution in [3.05, 3.63) is 90.1 Å². The number of anilines is 1. The lowest BCUT2D eigenvalue weighted by atomic mass is 10.1. The SMILES string of the molecule is CC(=O)Nc1cc(C(=O)NCCc2c[nH]c3ccccc23)cc2ncn(CCc3ccccn3)c12. The van der Waals surface area contributed by atoms with Crippen molar-refractivity contribution < 1.29 is 9.59 Å². The molecule has 0 fully saturated rings. The number of nitrogens with one attached hydrogen (secondary N) is 3. The highest BCUT2D eigenvalue weighted by molar-refractivity contribution is 6.05. The second-order valence-corrected chi connectivity index (χ2v) is 8.45. The molecule has 0 aliphatic heterocycles. The molecule has 0 bridgehead atoms. The Morgan fingerprint density at radius 2 is 1.89 bits per heavy atom. The predicted octanol–water partition coefficient (Wildman–Crippen LogP) is 4.09. The van der Waals surface area contributed by atoms with Crippen LogP contribution in [-0.2, 0) is 24.2 Å². The Morgan fingerprint density at radius 3 is 2.71 bits per heavy atom. The maximum atomic E-state index is 13.0. The van der Waals surface area contributed by atoms with Crippen LogP contribution in [0.4, 0.5) is 5.69 Å². The van der Waals surface area contributed by atoms with E-state index in [0.29, 0.717) is 36.3 Å². The van der Waals surface area contributed by atoms with Gasteiger partial charge in [-0.2, -0.15) is 0 Å². The summed E-state index contributed by atoms with van der Waals surface area (Å²) < 4.78 is 1.98. The molecular weight excluding hydrogens is 440 g/mol. The van der Waals surface area contributed by atoms with Crippen LogP contribution in [0.1, 0.15) is 28.5 Å². The van der Waals surface area contributed by atoms with E-state index in [4.69, 9.17) is 0 Å². The van der Waals surface area contributed by atoms with Gasteiger partial charge >= 0.3 is 0 Å². The van der Waals surface area contributed by atoms with E-state index in [2.05, 4.69) is 31.7 Å². The van der Waals surface area contributed by atoms with Gasteiger partial charge in [-0.1, -0.05) is 24.3 Å². The minimum absolute atomic E-state index is 0.207. The van der Waals surface area contributed by atoms with Gasteiger partial charge in [0, 0.05) is 61.0 Å². The number of benzene rings is 2. The maximum absolute atomic E-state index is 13.0. The molecule has 2 aromatic carbocycles. The number of fused-ring (bicyclic) bond motifs is 2. The third-order valence-corrected chi connectivity index (χ3v) is 5.98. The van der Waals surface area contributed by atoms with Crippen LogP contribution < -0.4 is 10.6 Å². The summed E-state index contributed by atoms with van der Waals surface area (Å²) in [7, 11) is 0. The van der Waals surface area contributed by atoms with Crippen LogP contribution in [0.5, 0.6) is 0 Å². The van der Waals surface area contributed by atoms with E-state index in [1.807, 2.05) is 47.2 Å². The first-order valence-corrected chi connectivity index (χ1v) is 11.6. The van der Waals surface area contributed by atoms with Crippen LogP contribution in [0.25, 0.3) is 21.9 Å². The van der Waals surface area contributed by atoms with Gasteiger partial charge in [-0.15, -0.1) is 0 Å². The summed E-state index contributed by atoms with van der Waals surface area (Å²) in [4.78, 5) is 37.0. The van der Waals surface area contributed by atoms with Crippen LogP contribution in [0, 0.1) is 0 Å². The molecule has 0 saturated carbocycles. The van der Waals surface area contributed by atoms with Crippen LogP contribution in [-0.4, -0.2) is 37.9 Å². The molecule has 0 radical (unpaired) electrons. The van der Waals surface area contributed by atoms with Crippen LogP contribution in [0.15, 0.2) is 73.3 Å². The minimum Gasteiger partial charge on any atom is -0.361 e. The molecule has 5 rings (SSSR count). The van der Waals surface area contributed by atoms with E-state index in [1.54, 1.807) is 24.7 Å². The molecule has 0 aliphatic rings. The number of aryl methyl sites for hydroxylation is 2. The Bertz CT molecular complexity index is 1500. The van der Waals surface area contributed by atoms with Crippen molar-refractivity contribution in [2.24, 2.45) is 0 Å². The number of nitrogens with zero attached hydrogens (tertiary/aromatic N) is 3. The molecular formula is C27H26N6O2. The molecule has 8 heteroatoms. The van der Waals surface area contributed by atoms with Gasteiger partial charge < -0.3 is 20.2 Å². The van der Waals surface area contributed by atoms with E-state index in [9.17, 15) is 9.59 Å². The van der Waals surface area contributed by atoms with Crippen molar-refractivity contribution in [3.8, 4) is 0 Å². The highest BCUT2D eigenvalue weighted by Crippen LogP contribution is 2.26. The smallest absolute Gasteiger partial charge is 0.251 e. The number of rotatable bonds is 8. The van der Waals surface area contributed by atoms with E-state index in [-0.39, 0.29) is 11.8 Å². The van der Waals surface area contributed by atoms with Crippen molar-refractivity contribution in [3.63, 3.8) is 0 Å². The molecule has 0 spiro atoms. The lowest BCUT2D eigenvalue weighted by Gasteiger charge is -2.12. The van der Waals surface area contributed by atoms with Crippen molar-refractivity contribution in [2.45, 2.75) is 26.3 Å². The van der Waals surface area contributed by atoms with Gasteiger partial charge in [0.25, 0.3) is 5.91 Å². The fraction of sp³-hybridized carbons (Fsp3) is 0.185. The van der Waals surface area contributed by atoms with Gasteiger partial charge in [0.1, 0.15) is 0 Å². The first-order valence-electron chi connectivity index (χ1n) is 11.6. The Balaban J connectivity index is 1.33. The van der Waals surface area contributed by atoms with E-state index < -0.39 is 0 Å². The number of carbonyl (C=O) groups excluding carboxylic acids is 2. The highest BCUT2D eigenvalue weighted by Gasteiger charge is 2.16. The fourth-order valence-corrected chi connectivity index (χ4v) is 4.33. The van der Waals surface area contributed by atoms with Gasteiger partial charge in [0.05, 0.1) is 23.0 Å². The lowest BCUT2D eigenvalue weighted by Crippen LogP contribution is -2.26. The molecule has 0 unspecified atom stereocenters. The molecule has 0 aliphatic carbocycles. The summed E-state index contributed by atoms with van der Waals surface area (Å²) >= 11 is 0. The first kappa shape index (κ1) is 22.3. The standard InChI is InChI=1S/C27H26N6O2/c1-18(34)32-25-15-20(27(35)29-12-9-19-16-30-23-8-3-2-7-22(19)23)14-24-26(25)33(17-31-24)13-10-21-6-4-5-11-28-21/h2-8,11,14-17,30H,9-10,12-13H2,1H3,(H,29,35)(H,32,34). The molecule has 176 valence electrons. The zero-order valence-electron chi connectivity index (χ0n) is 19.4. The number of carbonyl (C=O) groups is 2. The summed E-state index contributed by atoms with van der Waals surface area (Å²) in [5.41, 5.74) is 5.66. The molecule has 0 saturated heterocycles. The summed E-state index contributed by atoms with van der Waals surface area (Å²) in [6.07, 6.45) is 6.92. The van der Waals surface area contributed by atoms with E-state index in [0.717, 1.165) is 34.1 Å². The van der Waals surface area contributed by atoms with E-state index in [1.165, 1.54) is 6.92 Å². The average molecular weight is 467 g/mol. The fourth-order valence-electron chi connectivity index (χ4n) is 4.33. The average Bonchev–Trinajstić information content (AvgIpc) is 3.47. The monoisotopic (exact) mass is 466 g/mol. The van der Waals surface area contributed by atoms with Crippen LogP contribution >= 0.6 is 0 Å². The predicted molar refractivity (Wildman–Crippen MR) is 136 cm³/mol. The van der Waals surface area contributed by atoms with Crippen LogP contribution in [0.2, 0.25) is 0 Å². The second-order valence-electron chi connectivity index (χ2n) is 8.45.